The van der Waals surface area contributed by atoms with E-state index in [0.29, 0.717) is 5.69 Å². The maximum absolute atomic E-state index is 13.1. The monoisotopic (exact) mass is 539 g/mol. The van der Waals surface area contributed by atoms with Crippen LogP contribution >= 0.6 is 15.9 Å². The summed E-state index contributed by atoms with van der Waals surface area (Å²) in [7, 11) is 0. The highest BCUT2D eigenvalue weighted by atomic mass is 79.9. The number of ether oxygens (including phenoxy) is 2. The molecule has 8 nitrogen and oxygen atoms in total. The van der Waals surface area contributed by atoms with Crippen molar-refractivity contribution in [3.05, 3.63) is 99.5 Å². The number of carboxylic acids is 1. The van der Waals surface area contributed by atoms with E-state index in [4.69, 9.17) is 9.47 Å². The quantitative estimate of drug-likeness (QED) is 0.403. The predicted molar refractivity (Wildman–Crippen MR) is 131 cm³/mol. The minimum absolute atomic E-state index is 0.0822. The zero-order chi connectivity index (χ0) is 25.5. The Balaban J connectivity index is 1.90. The zero-order valence-corrected chi connectivity index (χ0v) is 20.4. The number of esters is 2. The molecule has 180 valence electrons. The molecule has 0 aromatic heterocycles. The number of aryl methyl sites for hydroxylation is 2. The van der Waals surface area contributed by atoms with E-state index in [2.05, 4.69) is 21.2 Å². The minimum atomic E-state index is -2.10. The molecular formula is C26H22BrNO7. The summed E-state index contributed by atoms with van der Waals surface area (Å²) in [4.78, 5) is 50.5. The van der Waals surface area contributed by atoms with E-state index in [-0.39, 0.29) is 11.1 Å². The third-order valence-corrected chi connectivity index (χ3v) is 5.46. The van der Waals surface area contributed by atoms with Gasteiger partial charge in [-0.25, -0.2) is 14.4 Å². The fourth-order valence-electron chi connectivity index (χ4n) is 2.99. The average molecular weight is 540 g/mol. The van der Waals surface area contributed by atoms with Crippen LogP contribution in [0, 0.1) is 13.8 Å². The van der Waals surface area contributed by atoms with Crippen molar-refractivity contribution in [2.24, 2.45) is 0 Å². The van der Waals surface area contributed by atoms with Gasteiger partial charge in [-0.05, 0) is 62.4 Å². The summed E-state index contributed by atoms with van der Waals surface area (Å²) in [5.41, 5.74) is 2.28. The van der Waals surface area contributed by atoms with Crippen molar-refractivity contribution in [1.29, 1.82) is 0 Å². The Labute approximate surface area is 210 Å². The smallest absolute Gasteiger partial charge is 0.349 e. The second-order valence-electron chi connectivity index (χ2n) is 7.72. The van der Waals surface area contributed by atoms with Crippen LogP contribution in [0.3, 0.4) is 0 Å². The van der Waals surface area contributed by atoms with Gasteiger partial charge in [-0.1, -0.05) is 51.3 Å². The van der Waals surface area contributed by atoms with Crippen LogP contribution in [0.2, 0.25) is 0 Å². The van der Waals surface area contributed by atoms with Crippen molar-refractivity contribution in [2.75, 3.05) is 5.32 Å². The first-order valence-corrected chi connectivity index (χ1v) is 11.3. The number of hydrogen-bond donors (Lipinski definition) is 2. The maximum atomic E-state index is 13.1. The van der Waals surface area contributed by atoms with Crippen LogP contribution in [0.4, 0.5) is 5.69 Å². The summed E-state index contributed by atoms with van der Waals surface area (Å²) < 4.78 is 11.2. The van der Waals surface area contributed by atoms with Crippen LogP contribution in [-0.4, -0.2) is 41.1 Å². The highest BCUT2D eigenvalue weighted by Gasteiger charge is 2.41. The van der Waals surface area contributed by atoms with Gasteiger partial charge in [0.1, 0.15) is 0 Å². The Hall–Kier alpha value is -3.98. The lowest BCUT2D eigenvalue weighted by Crippen LogP contribution is -2.48. The Morgan fingerprint density at radius 3 is 1.57 bits per heavy atom. The lowest BCUT2D eigenvalue weighted by molar-refractivity contribution is -0.157. The second-order valence-corrected chi connectivity index (χ2v) is 8.63. The fourth-order valence-corrected chi connectivity index (χ4v) is 3.25. The Morgan fingerprint density at radius 2 is 1.14 bits per heavy atom. The van der Waals surface area contributed by atoms with Gasteiger partial charge < -0.3 is 19.9 Å². The maximum Gasteiger partial charge on any atom is 0.349 e. The molecule has 0 spiro atoms. The van der Waals surface area contributed by atoms with E-state index >= 15 is 0 Å². The molecule has 0 heterocycles. The number of nitrogens with one attached hydrogen (secondary N) is 1. The van der Waals surface area contributed by atoms with Gasteiger partial charge in [0, 0.05) is 10.2 Å². The van der Waals surface area contributed by atoms with Gasteiger partial charge in [0.25, 0.3) is 5.91 Å². The van der Waals surface area contributed by atoms with Crippen LogP contribution in [0.1, 0.15) is 31.8 Å². The second kappa shape index (κ2) is 11.4. The molecule has 0 saturated carbocycles. The molecule has 2 N–H and O–H groups in total. The molecule has 9 heteroatoms. The van der Waals surface area contributed by atoms with Crippen LogP contribution in [0.25, 0.3) is 0 Å². The van der Waals surface area contributed by atoms with Gasteiger partial charge in [0.05, 0.1) is 11.1 Å². The SMILES string of the molecule is Cc1ccc(C(=O)O[C@H](C(=O)Nc2ccc(Br)cc2)[C@@H](OC(=O)c2ccc(C)cc2)C(=O)O)cc1. The number of carbonyl (C=O) groups is 4. The first-order valence-electron chi connectivity index (χ1n) is 10.5. The molecule has 0 saturated heterocycles. The van der Waals surface area contributed by atoms with Gasteiger partial charge in [-0.2, -0.15) is 0 Å². The van der Waals surface area contributed by atoms with Crippen LogP contribution in [0.5, 0.6) is 0 Å². The summed E-state index contributed by atoms with van der Waals surface area (Å²) in [6.07, 6.45) is -4.08. The van der Waals surface area contributed by atoms with E-state index in [1.54, 1.807) is 48.5 Å². The number of halogens is 1. The molecule has 1 amide bonds. The van der Waals surface area contributed by atoms with Crippen molar-refractivity contribution < 1.29 is 33.8 Å². The average Bonchev–Trinajstić information content (AvgIpc) is 2.83. The molecule has 3 rings (SSSR count). The highest BCUT2D eigenvalue weighted by molar-refractivity contribution is 9.10. The summed E-state index contributed by atoms with van der Waals surface area (Å²) in [5, 5.41) is 12.3. The molecule has 0 bridgehead atoms. The largest absolute Gasteiger partial charge is 0.478 e. The number of aliphatic carboxylic acids is 1. The van der Waals surface area contributed by atoms with Crippen molar-refractivity contribution in [3.63, 3.8) is 0 Å². The molecule has 0 unspecified atom stereocenters. The fraction of sp³-hybridized carbons (Fsp3) is 0.154. The third kappa shape index (κ3) is 7.00. The van der Waals surface area contributed by atoms with Crippen LogP contribution < -0.4 is 5.32 Å². The van der Waals surface area contributed by atoms with E-state index in [0.717, 1.165) is 15.6 Å². The van der Waals surface area contributed by atoms with Gasteiger partial charge in [-0.15, -0.1) is 0 Å². The Morgan fingerprint density at radius 1 is 0.714 bits per heavy atom. The minimum Gasteiger partial charge on any atom is -0.478 e. The summed E-state index contributed by atoms with van der Waals surface area (Å²) in [6, 6.07) is 19.0. The molecule has 0 aliphatic rings. The number of benzene rings is 3. The summed E-state index contributed by atoms with van der Waals surface area (Å²) in [6.45, 7) is 3.65. The van der Waals surface area contributed by atoms with Gasteiger partial charge >= 0.3 is 17.9 Å². The van der Waals surface area contributed by atoms with Crippen LogP contribution in [-0.2, 0) is 19.1 Å². The molecule has 2 atom stereocenters. The third-order valence-electron chi connectivity index (χ3n) is 4.93. The topological polar surface area (TPSA) is 119 Å². The van der Waals surface area contributed by atoms with Crippen molar-refractivity contribution in [2.45, 2.75) is 26.1 Å². The Bertz CT molecular complexity index is 1220. The lowest BCUT2D eigenvalue weighted by Gasteiger charge is -2.23. The zero-order valence-electron chi connectivity index (χ0n) is 18.9. The highest BCUT2D eigenvalue weighted by Crippen LogP contribution is 2.18. The molecule has 3 aromatic carbocycles. The standard InChI is InChI=1S/C26H22BrNO7/c1-15-3-7-17(8-4-15)25(32)34-21(23(29)28-20-13-11-19(27)12-14-20)22(24(30)31)35-26(33)18-9-5-16(2)6-10-18/h3-14,21-22H,1-2H3,(H,28,29)(H,30,31)/t21-,22+/m0/s1. The van der Waals surface area contributed by atoms with E-state index < -0.39 is 36.0 Å². The number of carboxylic acid groups (broad SMARTS) is 1. The molecule has 0 aliphatic carbocycles. The Kier molecular flexibility index (Phi) is 8.38. The molecular weight excluding hydrogens is 518 g/mol. The number of rotatable bonds is 8. The number of carbonyl (C=O) groups excluding carboxylic acids is 3. The summed E-state index contributed by atoms with van der Waals surface area (Å²) in [5.74, 6) is -4.56. The first-order chi connectivity index (χ1) is 16.6. The van der Waals surface area contributed by atoms with Gasteiger partial charge in [0.2, 0.25) is 12.2 Å². The number of hydrogen-bond acceptors (Lipinski definition) is 6. The molecule has 35 heavy (non-hydrogen) atoms. The molecule has 3 aromatic rings. The van der Waals surface area contributed by atoms with Crippen molar-refractivity contribution in [3.8, 4) is 0 Å². The van der Waals surface area contributed by atoms with Crippen molar-refractivity contribution >= 4 is 45.4 Å². The lowest BCUT2D eigenvalue weighted by atomic mass is 10.1. The number of anilines is 1. The number of amides is 1. The molecule has 0 radical (unpaired) electrons. The molecule has 0 fully saturated rings. The van der Waals surface area contributed by atoms with Gasteiger partial charge in [-0.3, -0.25) is 4.79 Å². The van der Waals surface area contributed by atoms with E-state index in [1.165, 1.54) is 24.3 Å². The van der Waals surface area contributed by atoms with Crippen LogP contribution in [0.15, 0.2) is 77.3 Å². The van der Waals surface area contributed by atoms with E-state index in [9.17, 15) is 24.3 Å². The van der Waals surface area contributed by atoms with E-state index in [1.807, 2.05) is 13.8 Å². The molecule has 0 aliphatic heterocycles. The summed E-state index contributed by atoms with van der Waals surface area (Å²) >= 11 is 3.28. The van der Waals surface area contributed by atoms with Gasteiger partial charge in [0.15, 0.2) is 0 Å². The predicted octanol–water partition coefficient (Wildman–Crippen LogP) is 4.54. The van der Waals surface area contributed by atoms with Crippen molar-refractivity contribution in [1.82, 2.24) is 0 Å². The first kappa shape index (κ1) is 25.6. The normalized spacial score (nSPS) is 12.2.